The number of hydrogen-bond donors (Lipinski definition) is 2. The number of carbonyl (C=O) groups is 2. The van der Waals surface area contributed by atoms with Gasteiger partial charge in [-0.15, -0.1) is 0 Å². The number of nitrogens with zero attached hydrogens (tertiary/aromatic N) is 3. The zero-order valence-corrected chi connectivity index (χ0v) is 15.9. The van der Waals surface area contributed by atoms with Crippen molar-refractivity contribution in [1.82, 2.24) is 5.43 Å². The van der Waals surface area contributed by atoms with Gasteiger partial charge in [-0.1, -0.05) is 6.07 Å². The maximum atomic E-state index is 12.3. The lowest BCUT2D eigenvalue weighted by Gasteiger charge is -2.19. The van der Waals surface area contributed by atoms with Crippen molar-refractivity contribution >= 4 is 35.1 Å². The van der Waals surface area contributed by atoms with Gasteiger partial charge in [-0.25, -0.2) is 5.43 Å². The summed E-state index contributed by atoms with van der Waals surface area (Å²) in [4.78, 5) is 36.3. The maximum Gasteiger partial charge on any atom is 0.271 e. The molecule has 1 saturated heterocycles. The van der Waals surface area contributed by atoms with Crippen LogP contribution in [-0.4, -0.2) is 36.0 Å². The lowest BCUT2D eigenvalue weighted by atomic mass is 10.1. The van der Waals surface area contributed by atoms with Gasteiger partial charge in [0.1, 0.15) is 0 Å². The second kappa shape index (κ2) is 8.96. The smallest absolute Gasteiger partial charge is 0.271 e. The normalized spacial score (nSPS) is 13.5. The third kappa shape index (κ3) is 5.16. The fourth-order valence-corrected chi connectivity index (χ4v) is 3.17. The van der Waals surface area contributed by atoms with Gasteiger partial charge >= 0.3 is 0 Å². The van der Waals surface area contributed by atoms with Crippen molar-refractivity contribution < 1.29 is 14.5 Å². The quantitative estimate of drug-likeness (QED) is 0.443. The number of nitro benzene ring substituents is 1. The molecule has 1 aliphatic heterocycles. The molecule has 0 aliphatic carbocycles. The van der Waals surface area contributed by atoms with E-state index in [0.717, 1.165) is 31.6 Å². The number of non-ortho nitro benzene ring substituents is 1. The number of nitrogens with one attached hydrogen (secondary N) is 2. The monoisotopic (exact) mass is 395 g/mol. The summed E-state index contributed by atoms with van der Waals surface area (Å²) in [7, 11) is 0. The average Bonchev–Trinajstić information content (AvgIpc) is 3.22. The van der Waals surface area contributed by atoms with E-state index < -0.39 is 10.8 Å². The van der Waals surface area contributed by atoms with E-state index in [1.807, 2.05) is 0 Å². The standard InChI is InChI=1S/C20H21N5O4/c1-14(26)22-17-6-4-5-15(11-17)20(27)23-21-13-16-12-18(25(28)29)7-8-19(16)24-9-2-3-10-24/h4-8,11-13H,2-3,9-10H2,1H3,(H,22,26)(H,23,27)/b21-13+. The minimum absolute atomic E-state index is 0.0382. The Morgan fingerprint density at radius 1 is 1.17 bits per heavy atom. The zero-order valence-electron chi connectivity index (χ0n) is 15.9. The topological polar surface area (TPSA) is 117 Å². The fourth-order valence-electron chi connectivity index (χ4n) is 3.17. The lowest BCUT2D eigenvalue weighted by Crippen LogP contribution is -2.20. The Labute approximate surface area is 167 Å². The molecular weight excluding hydrogens is 374 g/mol. The molecule has 1 heterocycles. The molecule has 3 rings (SSSR count). The molecule has 9 nitrogen and oxygen atoms in total. The maximum absolute atomic E-state index is 12.3. The fraction of sp³-hybridized carbons (Fsp3) is 0.250. The van der Waals surface area contributed by atoms with Crippen LogP contribution in [0, 0.1) is 10.1 Å². The van der Waals surface area contributed by atoms with Crippen molar-refractivity contribution in [2.24, 2.45) is 5.10 Å². The second-order valence-corrected chi connectivity index (χ2v) is 6.66. The minimum atomic E-state index is -0.461. The van der Waals surface area contributed by atoms with E-state index in [4.69, 9.17) is 0 Å². The Kier molecular flexibility index (Phi) is 6.18. The molecule has 0 saturated carbocycles. The first-order chi connectivity index (χ1) is 13.9. The molecule has 29 heavy (non-hydrogen) atoms. The van der Waals surface area contributed by atoms with Gasteiger partial charge in [-0.3, -0.25) is 19.7 Å². The number of hydrazone groups is 1. The van der Waals surface area contributed by atoms with Crippen molar-refractivity contribution in [2.45, 2.75) is 19.8 Å². The van der Waals surface area contributed by atoms with Gasteiger partial charge in [0.2, 0.25) is 5.91 Å². The summed E-state index contributed by atoms with van der Waals surface area (Å²) in [5.41, 5.74) is 4.63. The van der Waals surface area contributed by atoms with Crippen molar-refractivity contribution in [3.63, 3.8) is 0 Å². The van der Waals surface area contributed by atoms with Gasteiger partial charge in [-0.05, 0) is 37.1 Å². The highest BCUT2D eigenvalue weighted by atomic mass is 16.6. The molecule has 0 atom stereocenters. The molecule has 0 bridgehead atoms. The van der Waals surface area contributed by atoms with E-state index >= 15 is 0 Å². The number of rotatable bonds is 6. The predicted molar refractivity (Wildman–Crippen MR) is 110 cm³/mol. The Balaban J connectivity index is 1.76. The van der Waals surface area contributed by atoms with Crippen molar-refractivity contribution in [3.8, 4) is 0 Å². The Morgan fingerprint density at radius 3 is 2.62 bits per heavy atom. The van der Waals surface area contributed by atoms with Crippen LogP contribution in [0.2, 0.25) is 0 Å². The highest BCUT2D eigenvalue weighted by Gasteiger charge is 2.18. The van der Waals surface area contributed by atoms with E-state index in [-0.39, 0.29) is 11.6 Å². The summed E-state index contributed by atoms with van der Waals surface area (Å²) in [6, 6.07) is 11.1. The molecule has 0 unspecified atom stereocenters. The zero-order chi connectivity index (χ0) is 20.8. The average molecular weight is 395 g/mol. The van der Waals surface area contributed by atoms with Crippen LogP contribution in [-0.2, 0) is 4.79 Å². The highest BCUT2D eigenvalue weighted by Crippen LogP contribution is 2.27. The van der Waals surface area contributed by atoms with Gasteiger partial charge in [0.25, 0.3) is 11.6 Å². The van der Waals surface area contributed by atoms with Gasteiger partial charge in [-0.2, -0.15) is 5.10 Å². The molecule has 2 amide bonds. The Hall–Kier alpha value is -3.75. The number of carbonyl (C=O) groups excluding carboxylic acids is 2. The van der Waals surface area contributed by atoms with Crippen LogP contribution >= 0.6 is 0 Å². The molecule has 0 radical (unpaired) electrons. The van der Waals surface area contributed by atoms with Crippen LogP contribution in [0.15, 0.2) is 47.6 Å². The first kappa shape index (κ1) is 20.0. The van der Waals surface area contributed by atoms with Gasteiger partial charge < -0.3 is 10.2 Å². The van der Waals surface area contributed by atoms with E-state index in [9.17, 15) is 19.7 Å². The minimum Gasteiger partial charge on any atom is -0.371 e. The van der Waals surface area contributed by atoms with Crippen LogP contribution in [0.4, 0.5) is 17.1 Å². The molecular formula is C20H21N5O4. The van der Waals surface area contributed by atoms with Crippen molar-refractivity contribution in [2.75, 3.05) is 23.3 Å². The lowest BCUT2D eigenvalue weighted by molar-refractivity contribution is -0.384. The van der Waals surface area contributed by atoms with Crippen LogP contribution in [0.3, 0.4) is 0 Å². The molecule has 1 aliphatic rings. The summed E-state index contributed by atoms with van der Waals surface area (Å²) < 4.78 is 0. The van der Waals surface area contributed by atoms with E-state index in [1.165, 1.54) is 31.3 Å². The number of benzene rings is 2. The predicted octanol–water partition coefficient (Wildman–Crippen LogP) is 2.92. The molecule has 9 heteroatoms. The molecule has 0 aromatic heterocycles. The van der Waals surface area contributed by atoms with Crippen LogP contribution in [0.5, 0.6) is 0 Å². The summed E-state index contributed by atoms with van der Waals surface area (Å²) in [6.45, 7) is 3.13. The highest BCUT2D eigenvalue weighted by molar-refractivity contribution is 5.97. The summed E-state index contributed by atoms with van der Waals surface area (Å²) >= 11 is 0. The van der Waals surface area contributed by atoms with Gasteiger partial charge in [0.15, 0.2) is 0 Å². The third-order valence-electron chi connectivity index (χ3n) is 4.48. The summed E-state index contributed by atoms with van der Waals surface area (Å²) in [5, 5.41) is 17.7. The van der Waals surface area contributed by atoms with Crippen LogP contribution in [0.25, 0.3) is 0 Å². The van der Waals surface area contributed by atoms with E-state index in [1.54, 1.807) is 24.3 Å². The van der Waals surface area contributed by atoms with Crippen LogP contribution < -0.4 is 15.6 Å². The molecule has 150 valence electrons. The van der Waals surface area contributed by atoms with E-state index in [2.05, 4.69) is 20.7 Å². The summed E-state index contributed by atoms with van der Waals surface area (Å²) in [5.74, 6) is -0.692. The number of hydrogen-bond acceptors (Lipinski definition) is 6. The first-order valence-electron chi connectivity index (χ1n) is 9.18. The molecule has 2 aromatic rings. The Bertz CT molecular complexity index is 967. The second-order valence-electron chi connectivity index (χ2n) is 6.66. The number of nitro groups is 1. The Morgan fingerprint density at radius 2 is 1.93 bits per heavy atom. The molecule has 0 spiro atoms. The summed E-state index contributed by atoms with van der Waals surface area (Å²) in [6.07, 6.45) is 3.54. The van der Waals surface area contributed by atoms with Crippen LogP contribution in [0.1, 0.15) is 35.7 Å². The molecule has 2 N–H and O–H groups in total. The molecule has 1 fully saturated rings. The first-order valence-corrected chi connectivity index (χ1v) is 9.18. The van der Waals surface area contributed by atoms with Gasteiger partial charge in [0.05, 0.1) is 11.1 Å². The SMILES string of the molecule is CC(=O)Nc1cccc(C(=O)N/N=C/c2cc([N+](=O)[O-])ccc2N2CCCC2)c1. The van der Waals surface area contributed by atoms with E-state index in [0.29, 0.717) is 16.8 Å². The molecule has 2 aromatic carbocycles. The largest absolute Gasteiger partial charge is 0.371 e. The van der Waals surface area contributed by atoms with Gasteiger partial charge in [0, 0.05) is 54.6 Å². The number of amides is 2. The number of anilines is 2. The van der Waals surface area contributed by atoms with Crippen molar-refractivity contribution in [3.05, 3.63) is 63.7 Å². The third-order valence-corrected chi connectivity index (χ3v) is 4.48. The van der Waals surface area contributed by atoms with Crippen molar-refractivity contribution in [1.29, 1.82) is 0 Å².